The van der Waals surface area contributed by atoms with E-state index < -0.39 is 17.8 Å². The predicted octanol–water partition coefficient (Wildman–Crippen LogP) is 3.43. The molecular weight excluding hydrogens is 453 g/mol. The van der Waals surface area contributed by atoms with Gasteiger partial charge in [0, 0.05) is 0 Å². The zero-order valence-corrected chi connectivity index (χ0v) is 17.4. The molecule has 0 bridgehead atoms. The van der Waals surface area contributed by atoms with Gasteiger partial charge < -0.3 is 0 Å². The third-order valence-corrected chi connectivity index (χ3v) is 7.76. The average Bonchev–Trinajstić information content (AvgIpc) is 3.17. The molecule has 6 nitrogen and oxygen atoms in total. The van der Waals surface area contributed by atoms with Gasteiger partial charge in [-0.25, -0.2) is 0 Å². The normalized spacial score (nSPS) is 15.4. The summed E-state index contributed by atoms with van der Waals surface area (Å²) in [5.74, 6) is -1.34. The second kappa shape index (κ2) is 7.08. The molecule has 29 heavy (non-hydrogen) atoms. The number of para-hydroxylation sites is 2. The summed E-state index contributed by atoms with van der Waals surface area (Å²) in [4.78, 5) is 39.8. The Labute approximate surface area is 176 Å². The first-order valence-electron chi connectivity index (χ1n) is 8.74. The van der Waals surface area contributed by atoms with Crippen LogP contribution in [0.15, 0.2) is 76.0 Å². The summed E-state index contributed by atoms with van der Waals surface area (Å²) in [7, 11) is 0. The number of fused-ring (bicyclic) bond motifs is 2. The van der Waals surface area contributed by atoms with E-state index >= 15 is 0 Å². The van der Waals surface area contributed by atoms with Crippen molar-refractivity contribution in [3.05, 3.63) is 70.7 Å². The Morgan fingerprint density at radius 1 is 0.793 bits per heavy atom. The summed E-state index contributed by atoms with van der Waals surface area (Å²) in [5, 5.41) is 4.21. The second-order valence-corrected chi connectivity index (χ2v) is 9.72. The van der Waals surface area contributed by atoms with Crippen molar-refractivity contribution in [3.8, 4) is 0 Å². The van der Waals surface area contributed by atoms with Gasteiger partial charge in [0.25, 0.3) is 0 Å². The van der Waals surface area contributed by atoms with Crippen molar-refractivity contribution in [3.63, 3.8) is 0 Å². The summed E-state index contributed by atoms with van der Waals surface area (Å²) in [6.45, 7) is 0. The van der Waals surface area contributed by atoms with Gasteiger partial charge in [-0.05, 0) is 0 Å². The zero-order chi connectivity index (χ0) is 20.0. The number of carbonyl (C=O) groups excluding carboxylic acids is 3. The van der Waals surface area contributed by atoms with Gasteiger partial charge in [0.2, 0.25) is 0 Å². The van der Waals surface area contributed by atoms with Crippen molar-refractivity contribution < 1.29 is 14.4 Å². The van der Waals surface area contributed by atoms with Gasteiger partial charge in [-0.1, -0.05) is 0 Å². The van der Waals surface area contributed by atoms with E-state index in [1.54, 1.807) is 17.8 Å². The zero-order valence-electron chi connectivity index (χ0n) is 14.8. The third kappa shape index (κ3) is 3.21. The van der Waals surface area contributed by atoms with E-state index in [1.165, 1.54) is 9.79 Å². The number of benzene rings is 2. The van der Waals surface area contributed by atoms with Crippen LogP contribution in [0.2, 0.25) is 0 Å². The molecule has 1 saturated heterocycles. The molecule has 2 N–H and O–H groups in total. The molecule has 0 spiro atoms. The Morgan fingerprint density at radius 2 is 1.38 bits per heavy atom. The average molecular weight is 466 g/mol. The van der Waals surface area contributed by atoms with Crippen molar-refractivity contribution in [1.29, 1.82) is 0 Å². The fourth-order valence-corrected chi connectivity index (χ4v) is 6.34. The van der Waals surface area contributed by atoms with Crippen molar-refractivity contribution in [2.45, 2.75) is 9.79 Å². The van der Waals surface area contributed by atoms with Gasteiger partial charge in [-0.3, -0.25) is 0 Å². The first kappa shape index (κ1) is 18.0. The predicted molar refractivity (Wildman–Crippen MR) is 112 cm³/mol. The van der Waals surface area contributed by atoms with Crippen LogP contribution in [-0.4, -0.2) is 32.3 Å². The van der Waals surface area contributed by atoms with Crippen molar-refractivity contribution in [2.24, 2.45) is 0 Å². The van der Waals surface area contributed by atoms with Crippen molar-refractivity contribution in [2.75, 3.05) is 4.90 Å². The van der Waals surface area contributed by atoms with Crippen LogP contribution in [-0.2, 0) is 9.59 Å². The van der Waals surface area contributed by atoms with Gasteiger partial charge in [-0.2, -0.15) is 0 Å². The Bertz CT molecular complexity index is 1150. The molecule has 4 amide bonds. The van der Waals surface area contributed by atoms with Gasteiger partial charge in [-0.15, -0.1) is 0 Å². The maximum absolute atomic E-state index is 12.0. The van der Waals surface area contributed by atoms with Gasteiger partial charge >= 0.3 is 177 Å². The quantitative estimate of drug-likeness (QED) is 0.269. The van der Waals surface area contributed by atoms with Crippen LogP contribution >= 0.6 is 11.8 Å². The summed E-state index contributed by atoms with van der Waals surface area (Å²) >= 11 is 1.63. The number of hydrogen-bond donors (Lipinski definition) is 2. The monoisotopic (exact) mass is 467 g/mol. The second-order valence-electron chi connectivity index (χ2n) is 6.34. The number of rotatable bonds is 2. The molecule has 8 heteroatoms. The standard InChI is InChI=1S/C21H13N3O3SSe/c25-19-13(20(26)23-21(27)22-19)11-12-9-10-18(29-12)24-14-5-1-3-7-16(14)28-17-8-4-2-6-15(17)24/h1-11H,(H2,22,23,25,26,27). The van der Waals surface area contributed by atoms with Gasteiger partial charge in [0.15, 0.2) is 0 Å². The van der Waals surface area contributed by atoms with E-state index in [-0.39, 0.29) is 20.1 Å². The number of imide groups is 2. The van der Waals surface area contributed by atoms with Crippen LogP contribution in [0.1, 0.15) is 4.44 Å². The molecule has 0 unspecified atom stereocenters. The van der Waals surface area contributed by atoms with Gasteiger partial charge in [0.1, 0.15) is 0 Å². The Kier molecular flexibility index (Phi) is 4.39. The Balaban J connectivity index is 1.56. The molecule has 0 atom stereocenters. The maximum atomic E-state index is 12.0. The van der Waals surface area contributed by atoms with E-state index in [9.17, 15) is 14.4 Å². The summed E-state index contributed by atoms with van der Waals surface area (Å²) < 4.78 is 1.99. The number of nitrogens with zero attached hydrogens (tertiary/aromatic N) is 1. The molecule has 0 saturated carbocycles. The van der Waals surface area contributed by atoms with Crippen LogP contribution in [0.5, 0.6) is 0 Å². The van der Waals surface area contributed by atoms with E-state index in [2.05, 4.69) is 39.8 Å². The fourth-order valence-electron chi connectivity index (χ4n) is 3.23. The number of hydrogen-bond acceptors (Lipinski definition) is 5. The van der Waals surface area contributed by atoms with E-state index in [0.717, 1.165) is 20.4 Å². The van der Waals surface area contributed by atoms with Crippen molar-refractivity contribution >= 4 is 66.1 Å². The van der Waals surface area contributed by atoms with Crippen LogP contribution in [0.25, 0.3) is 6.08 Å². The number of carbonyl (C=O) groups is 3. The number of barbiturate groups is 1. The molecular formula is C21H13N3O3SSe. The van der Waals surface area contributed by atoms with Crippen LogP contribution in [0.3, 0.4) is 0 Å². The molecule has 1 aromatic heterocycles. The molecule has 0 radical (unpaired) electrons. The molecule has 1 fully saturated rings. The van der Waals surface area contributed by atoms with Gasteiger partial charge in [0.05, 0.1) is 0 Å². The molecule has 0 aliphatic carbocycles. The minimum absolute atomic E-state index is 0.0534. The molecule has 5 rings (SSSR count). The number of anilines is 3. The Hall–Kier alpha value is -3.06. The van der Waals surface area contributed by atoms with E-state index in [0.29, 0.717) is 0 Å². The third-order valence-electron chi connectivity index (χ3n) is 4.50. The van der Waals surface area contributed by atoms with Crippen molar-refractivity contribution in [1.82, 2.24) is 10.6 Å². The molecule has 142 valence electrons. The molecule has 3 heterocycles. The summed E-state index contributed by atoms with van der Waals surface area (Å²) in [6.07, 6.45) is 1.57. The molecule has 3 aromatic rings. The van der Waals surface area contributed by atoms with Crippen LogP contribution in [0.4, 0.5) is 20.7 Å². The number of amides is 4. The van der Waals surface area contributed by atoms with Crippen LogP contribution < -0.4 is 15.5 Å². The first-order valence-corrected chi connectivity index (χ1v) is 11.3. The van der Waals surface area contributed by atoms with E-state index in [4.69, 9.17) is 0 Å². The molecule has 2 aliphatic rings. The minimum atomic E-state index is -0.791. The van der Waals surface area contributed by atoms with Crippen LogP contribution in [0, 0.1) is 0 Å². The summed E-state index contributed by atoms with van der Waals surface area (Å²) in [5.41, 5.74) is 2.18. The topological polar surface area (TPSA) is 78.5 Å². The first-order chi connectivity index (χ1) is 14.1. The number of urea groups is 1. The Morgan fingerprint density at radius 3 is 2.00 bits per heavy atom. The number of nitrogens with one attached hydrogen (secondary N) is 2. The molecule has 2 aliphatic heterocycles. The fraction of sp³-hybridized carbons (Fsp3) is 0. The van der Waals surface area contributed by atoms with E-state index in [1.807, 2.05) is 36.4 Å². The summed E-state index contributed by atoms with van der Waals surface area (Å²) in [6, 6.07) is 19.7. The molecule has 2 aromatic carbocycles. The SMILES string of the molecule is O=C1NC(=O)C(=Cc2ccc(N3c4ccccc4Sc4ccccc43)[se]2)C(=O)N1.